The third-order valence-electron chi connectivity index (χ3n) is 6.05. The number of aromatic nitrogens is 4. The number of thiazole rings is 1. The van der Waals surface area contributed by atoms with E-state index in [0.717, 1.165) is 23.5 Å². The van der Waals surface area contributed by atoms with Crippen molar-refractivity contribution in [1.82, 2.24) is 25.3 Å². The second-order valence-electron chi connectivity index (χ2n) is 9.62. The minimum Gasteiger partial charge on any atom is -0.487 e. The van der Waals surface area contributed by atoms with Gasteiger partial charge in [0.1, 0.15) is 30.1 Å². The highest BCUT2D eigenvalue weighted by Gasteiger charge is 2.32. The van der Waals surface area contributed by atoms with Crippen LogP contribution in [0.15, 0.2) is 53.0 Å². The molecule has 0 saturated heterocycles. The summed E-state index contributed by atoms with van der Waals surface area (Å²) < 4.78 is 69.0. The molecule has 0 aliphatic rings. The van der Waals surface area contributed by atoms with Crippen LogP contribution in [0.5, 0.6) is 5.75 Å². The molecule has 42 heavy (non-hydrogen) atoms. The van der Waals surface area contributed by atoms with Gasteiger partial charge in [0.2, 0.25) is 10.2 Å². The molecule has 0 radical (unpaired) electrons. The molecule has 17 heteroatoms. The normalized spacial score (nSPS) is 13.7. The van der Waals surface area contributed by atoms with Crippen LogP contribution in [-0.4, -0.2) is 51.4 Å². The fraction of sp³-hybridized carbons (Fsp3) is 0.320. The number of hydrogen-bond acceptors (Lipinski definition) is 9. The lowest BCUT2D eigenvalue weighted by Gasteiger charge is -2.23. The molecule has 224 valence electrons. The van der Waals surface area contributed by atoms with E-state index in [9.17, 15) is 36.3 Å². The molecule has 2 atom stereocenters. The molecule has 2 aromatic heterocycles. The first kappa shape index (κ1) is 30.9. The van der Waals surface area contributed by atoms with Gasteiger partial charge < -0.3 is 15.2 Å². The highest BCUT2D eigenvalue weighted by Crippen LogP contribution is 2.30. The smallest absolute Gasteiger partial charge is 0.416 e. The van der Waals surface area contributed by atoms with E-state index in [1.165, 1.54) is 23.0 Å². The van der Waals surface area contributed by atoms with Gasteiger partial charge in [0.25, 0.3) is 10.0 Å². The highest BCUT2D eigenvalue weighted by atomic mass is 32.2. The van der Waals surface area contributed by atoms with Gasteiger partial charge in [0.05, 0.1) is 22.0 Å². The Bertz CT molecular complexity index is 1700. The summed E-state index contributed by atoms with van der Waals surface area (Å²) in [4.78, 5) is 29.0. The minimum absolute atomic E-state index is 0.0511. The average Bonchev–Trinajstić information content (AvgIpc) is 3.53. The van der Waals surface area contributed by atoms with Crippen LogP contribution in [0.25, 0.3) is 10.2 Å². The van der Waals surface area contributed by atoms with Gasteiger partial charge in [-0.2, -0.15) is 13.2 Å². The summed E-state index contributed by atoms with van der Waals surface area (Å²) in [7, 11) is -3.94. The summed E-state index contributed by atoms with van der Waals surface area (Å²) in [6.45, 7) is 3.41. The predicted molar refractivity (Wildman–Crippen MR) is 144 cm³/mol. The molecule has 0 bridgehead atoms. The fourth-order valence-corrected chi connectivity index (χ4v) is 5.70. The second-order valence-corrected chi connectivity index (χ2v) is 12.4. The number of sulfonamides is 1. The maximum absolute atomic E-state index is 13.2. The standard InChI is InChI=1S/C25H25F3N6O6S2/c1-13(2)21(22(35)30-19(23(36)37)9-14-3-5-15(6-4-14)25(26,27)28)34-11-16(32-33-34)12-40-17-7-8-18-20(10-17)41-24(31-18)42(29,38)39/h3-8,10-11,13,19,21H,9,12H2,1-2H3,(H,30,35)(H,36,37)(H2,29,38,39). The summed E-state index contributed by atoms with van der Waals surface area (Å²) in [5.41, 5.74) is 0.219. The number of nitrogens with two attached hydrogens (primary N) is 1. The number of carbonyl (C=O) groups excluding carboxylic acids is 1. The van der Waals surface area contributed by atoms with Crippen LogP contribution in [0.3, 0.4) is 0 Å². The van der Waals surface area contributed by atoms with E-state index < -0.39 is 45.7 Å². The van der Waals surface area contributed by atoms with Gasteiger partial charge in [-0.05, 0) is 41.8 Å². The fourth-order valence-electron chi connectivity index (χ4n) is 4.02. The van der Waals surface area contributed by atoms with E-state index in [1.54, 1.807) is 32.0 Å². The molecule has 4 aromatic rings. The van der Waals surface area contributed by atoms with E-state index in [4.69, 9.17) is 9.88 Å². The molecule has 1 amide bonds. The number of halogens is 3. The summed E-state index contributed by atoms with van der Waals surface area (Å²) in [6.07, 6.45) is -3.29. The number of alkyl halides is 3. The molecular weight excluding hydrogens is 601 g/mol. The Hall–Kier alpha value is -4.09. The zero-order valence-electron chi connectivity index (χ0n) is 22.1. The number of nitrogens with one attached hydrogen (secondary N) is 1. The van der Waals surface area contributed by atoms with Gasteiger partial charge in [0, 0.05) is 6.42 Å². The Labute approximate surface area is 241 Å². The van der Waals surface area contributed by atoms with Crippen LogP contribution in [0, 0.1) is 5.92 Å². The number of aliphatic carboxylic acids is 1. The van der Waals surface area contributed by atoms with Gasteiger partial charge in [-0.25, -0.2) is 28.0 Å². The first-order chi connectivity index (χ1) is 19.6. The third kappa shape index (κ3) is 7.40. The lowest BCUT2D eigenvalue weighted by molar-refractivity contribution is -0.142. The number of rotatable bonds is 11. The average molecular weight is 627 g/mol. The summed E-state index contributed by atoms with van der Waals surface area (Å²) in [6, 6.07) is 6.44. The molecular formula is C25H25F3N6O6S2. The molecule has 0 aliphatic heterocycles. The largest absolute Gasteiger partial charge is 0.487 e. The summed E-state index contributed by atoms with van der Waals surface area (Å²) >= 11 is 0.896. The lowest BCUT2D eigenvalue weighted by atomic mass is 10.0. The lowest BCUT2D eigenvalue weighted by Crippen LogP contribution is -2.46. The number of nitrogens with zero attached hydrogens (tertiary/aromatic N) is 4. The van der Waals surface area contributed by atoms with Gasteiger partial charge in [0.15, 0.2) is 0 Å². The topological polar surface area (TPSA) is 179 Å². The molecule has 4 N–H and O–H groups in total. The van der Waals surface area contributed by atoms with Crippen molar-refractivity contribution < 1.29 is 41.0 Å². The first-order valence-electron chi connectivity index (χ1n) is 12.3. The van der Waals surface area contributed by atoms with E-state index in [0.29, 0.717) is 27.2 Å². The number of benzene rings is 2. The van der Waals surface area contributed by atoms with Gasteiger partial charge >= 0.3 is 12.1 Å². The maximum Gasteiger partial charge on any atom is 0.416 e. The number of hydrogen-bond donors (Lipinski definition) is 3. The number of fused-ring (bicyclic) bond motifs is 1. The van der Waals surface area contributed by atoms with Crippen molar-refractivity contribution >= 4 is 43.5 Å². The molecule has 12 nitrogen and oxygen atoms in total. The van der Waals surface area contributed by atoms with E-state index in [2.05, 4.69) is 20.6 Å². The Kier molecular flexibility index (Phi) is 8.84. The van der Waals surface area contributed by atoms with Crippen LogP contribution < -0.4 is 15.2 Å². The minimum atomic E-state index is -4.53. The van der Waals surface area contributed by atoms with Gasteiger partial charge in [-0.3, -0.25) is 4.79 Å². The van der Waals surface area contributed by atoms with Crippen LogP contribution in [0.4, 0.5) is 13.2 Å². The highest BCUT2D eigenvalue weighted by molar-refractivity contribution is 7.91. The second kappa shape index (κ2) is 12.0. The van der Waals surface area contributed by atoms with Crippen LogP contribution in [0.2, 0.25) is 0 Å². The zero-order valence-corrected chi connectivity index (χ0v) is 23.7. The molecule has 0 aliphatic carbocycles. The third-order valence-corrected chi connectivity index (χ3v) is 8.39. The maximum atomic E-state index is 13.2. The number of ether oxygens (including phenoxy) is 1. The quantitative estimate of drug-likeness (QED) is 0.225. The molecule has 2 heterocycles. The summed E-state index contributed by atoms with van der Waals surface area (Å²) in [5.74, 6) is -1.97. The molecule has 0 spiro atoms. The Balaban J connectivity index is 1.43. The Morgan fingerprint density at radius 3 is 2.45 bits per heavy atom. The van der Waals surface area contributed by atoms with Crippen molar-refractivity contribution in [2.24, 2.45) is 11.1 Å². The van der Waals surface area contributed by atoms with E-state index in [1.807, 2.05) is 0 Å². The molecule has 2 aromatic carbocycles. The first-order valence-corrected chi connectivity index (χ1v) is 14.6. The van der Waals surface area contributed by atoms with Crippen molar-refractivity contribution in [2.45, 2.75) is 49.5 Å². The number of carboxylic acids is 1. The Morgan fingerprint density at radius 1 is 1.17 bits per heavy atom. The summed E-state index contributed by atoms with van der Waals surface area (Å²) in [5, 5.41) is 25.3. The number of carbonyl (C=O) groups is 2. The van der Waals surface area contributed by atoms with E-state index >= 15 is 0 Å². The number of primary sulfonamides is 1. The molecule has 0 saturated carbocycles. The van der Waals surface area contributed by atoms with Crippen molar-refractivity contribution in [3.05, 3.63) is 65.5 Å². The van der Waals surface area contributed by atoms with Crippen molar-refractivity contribution in [3.8, 4) is 5.75 Å². The van der Waals surface area contributed by atoms with Gasteiger partial charge in [-0.1, -0.05) is 31.2 Å². The zero-order chi connectivity index (χ0) is 30.8. The van der Waals surface area contributed by atoms with Gasteiger partial charge in [-0.15, -0.1) is 16.4 Å². The monoisotopic (exact) mass is 626 g/mol. The Morgan fingerprint density at radius 2 is 1.86 bits per heavy atom. The van der Waals surface area contributed by atoms with Crippen LogP contribution in [-0.2, 0) is 38.8 Å². The van der Waals surface area contributed by atoms with Crippen LogP contribution in [0.1, 0.15) is 36.7 Å². The molecule has 0 fully saturated rings. The molecule has 2 unspecified atom stereocenters. The SMILES string of the molecule is CC(C)C(C(=O)NC(Cc1ccc(C(F)(F)F)cc1)C(=O)O)n1cc(COc2ccc3nc(S(N)(=O)=O)sc3c2)nn1. The number of amides is 1. The van der Waals surface area contributed by atoms with E-state index in [-0.39, 0.29) is 23.3 Å². The predicted octanol–water partition coefficient (Wildman–Crippen LogP) is 3.14. The van der Waals surface area contributed by atoms with Crippen LogP contribution >= 0.6 is 11.3 Å². The van der Waals surface area contributed by atoms with Crippen molar-refractivity contribution in [1.29, 1.82) is 0 Å². The number of carboxylic acid groups (broad SMARTS) is 1. The molecule has 4 rings (SSSR count). The van der Waals surface area contributed by atoms with Crippen molar-refractivity contribution in [3.63, 3.8) is 0 Å². The van der Waals surface area contributed by atoms with Crippen molar-refractivity contribution in [2.75, 3.05) is 0 Å².